The third-order valence-electron chi connectivity index (χ3n) is 3.59. The average Bonchev–Trinajstić information content (AvgIpc) is 2.69. The molecule has 0 unspecified atom stereocenters. The summed E-state index contributed by atoms with van der Waals surface area (Å²) >= 11 is 0. The van der Waals surface area contributed by atoms with Crippen molar-refractivity contribution in [3.05, 3.63) is 41.9 Å². The number of anilines is 1. The monoisotopic (exact) mass is 256 g/mol. The molecule has 5 heteroatoms. The van der Waals surface area contributed by atoms with E-state index in [1.807, 2.05) is 13.1 Å². The van der Waals surface area contributed by atoms with Crippen molar-refractivity contribution in [2.24, 2.45) is 7.05 Å². The predicted molar refractivity (Wildman–Crippen MR) is 72.0 cm³/mol. The number of pyridine rings is 1. The van der Waals surface area contributed by atoms with Crippen molar-refractivity contribution in [1.82, 2.24) is 14.8 Å². The van der Waals surface area contributed by atoms with Crippen molar-refractivity contribution < 1.29 is 4.79 Å². The molecule has 0 saturated heterocycles. The van der Waals surface area contributed by atoms with Gasteiger partial charge in [0.2, 0.25) is 0 Å². The number of carbonyl (C=O) groups excluding carboxylic acids is 1. The van der Waals surface area contributed by atoms with Crippen LogP contribution in [0.15, 0.2) is 30.6 Å². The Morgan fingerprint density at radius 2 is 2.32 bits per heavy atom. The molecule has 1 aliphatic carbocycles. The summed E-state index contributed by atoms with van der Waals surface area (Å²) in [6.07, 6.45) is 6.88. The van der Waals surface area contributed by atoms with Crippen molar-refractivity contribution in [1.29, 1.82) is 0 Å². The minimum absolute atomic E-state index is 0.156. The Kier molecular flexibility index (Phi) is 3.03. The van der Waals surface area contributed by atoms with Crippen LogP contribution < -0.4 is 5.32 Å². The summed E-state index contributed by atoms with van der Waals surface area (Å²) in [6, 6.07) is 5.46. The molecule has 2 aromatic rings. The van der Waals surface area contributed by atoms with Gasteiger partial charge in [0.15, 0.2) is 0 Å². The molecule has 0 aliphatic heterocycles. The van der Waals surface area contributed by atoms with E-state index in [0.29, 0.717) is 11.5 Å². The van der Waals surface area contributed by atoms with E-state index in [1.54, 1.807) is 29.2 Å². The molecule has 1 aliphatic rings. The van der Waals surface area contributed by atoms with Crippen LogP contribution in [-0.2, 0) is 7.05 Å². The van der Waals surface area contributed by atoms with Crippen LogP contribution in [0.25, 0.3) is 0 Å². The minimum atomic E-state index is -0.156. The lowest BCUT2D eigenvalue weighted by molar-refractivity contribution is 0.102. The van der Waals surface area contributed by atoms with Gasteiger partial charge in [-0.15, -0.1) is 0 Å². The normalized spacial score (nSPS) is 15.0. The fourth-order valence-corrected chi connectivity index (χ4v) is 2.20. The van der Waals surface area contributed by atoms with Crippen LogP contribution >= 0.6 is 0 Å². The van der Waals surface area contributed by atoms with Gasteiger partial charge in [0.05, 0.1) is 11.3 Å². The van der Waals surface area contributed by atoms with Gasteiger partial charge in [-0.05, 0) is 25.0 Å². The zero-order valence-corrected chi connectivity index (χ0v) is 10.8. The van der Waals surface area contributed by atoms with E-state index in [0.717, 1.165) is 11.5 Å². The highest BCUT2D eigenvalue weighted by Crippen LogP contribution is 2.36. The highest BCUT2D eigenvalue weighted by atomic mass is 16.1. The van der Waals surface area contributed by atoms with E-state index in [1.165, 1.54) is 19.3 Å². The summed E-state index contributed by atoms with van der Waals surface area (Å²) in [7, 11) is 1.85. The van der Waals surface area contributed by atoms with Crippen LogP contribution in [0.3, 0.4) is 0 Å². The number of hydrogen-bond donors (Lipinski definition) is 1. The molecule has 0 radical (unpaired) electrons. The molecule has 3 rings (SSSR count). The molecule has 0 atom stereocenters. The number of carbonyl (C=O) groups is 1. The third-order valence-corrected chi connectivity index (χ3v) is 3.59. The number of aryl methyl sites for hydroxylation is 1. The van der Waals surface area contributed by atoms with Gasteiger partial charge in [0, 0.05) is 31.4 Å². The lowest BCUT2D eigenvalue weighted by Crippen LogP contribution is -2.14. The number of hydrogen-bond acceptors (Lipinski definition) is 3. The van der Waals surface area contributed by atoms with Gasteiger partial charge in [-0.1, -0.05) is 6.42 Å². The van der Waals surface area contributed by atoms with Crippen molar-refractivity contribution in [3.63, 3.8) is 0 Å². The lowest BCUT2D eigenvalue weighted by atomic mass is 9.83. The van der Waals surface area contributed by atoms with Gasteiger partial charge >= 0.3 is 0 Å². The van der Waals surface area contributed by atoms with Crippen LogP contribution in [0.2, 0.25) is 0 Å². The Labute approximate surface area is 111 Å². The highest BCUT2D eigenvalue weighted by Gasteiger charge is 2.23. The van der Waals surface area contributed by atoms with E-state index in [4.69, 9.17) is 0 Å². The fraction of sp³-hybridized carbons (Fsp3) is 0.357. The molecule has 2 aromatic heterocycles. The topological polar surface area (TPSA) is 59.8 Å². The number of amides is 1. The molecule has 1 saturated carbocycles. The largest absolute Gasteiger partial charge is 0.307 e. The first-order chi connectivity index (χ1) is 9.24. The van der Waals surface area contributed by atoms with Gasteiger partial charge in [-0.25, -0.2) is 0 Å². The zero-order chi connectivity index (χ0) is 13.2. The van der Waals surface area contributed by atoms with Crippen LogP contribution in [0.1, 0.15) is 41.2 Å². The number of nitrogens with zero attached hydrogens (tertiary/aromatic N) is 3. The summed E-state index contributed by atoms with van der Waals surface area (Å²) in [6.45, 7) is 0. The second kappa shape index (κ2) is 4.84. The van der Waals surface area contributed by atoms with Crippen molar-refractivity contribution in [3.8, 4) is 0 Å². The molecule has 19 heavy (non-hydrogen) atoms. The first kappa shape index (κ1) is 11.9. The molecule has 5 nitrogen and oxygen atoms in total. The van der Waals surface area contributed by atoms with E-state index < -0.39 is 0 Å². The molecule has 2 heterocycles. The van der Waals surface area contributed by atoms with Gasteiger partial charge in [0.1, 0.15) is 5.82 Å². The minimum Gasteiger partial charge on any atom is -0.307 e. The summed E-state index contributed by atoms with van der Waals surface area (Å²) < 4.78 is 1.72. The molecule has 0 spiro atoms. The molecule has 0 bridgehead atoms. The fourth-order valence-electron chi connectivity index (χ4n) is 2.20. The SMILES string of the molecule is Cn1nc(C2CCC2)cc1NC(=O)c1cccnc1. The lowest BCUT2D eigenvalue weighted by Gasteiger charge is -2.22. The smallest absolute Gasteiger partial charge is 0.258 e. The van der Waals surface area contributed by atoms with Gasteiger partial charge < -0.3 is 5.32 Å². The van der Waals surface area contributed by atoms with Crippen LogP contribution in [0.5, 0.6) is 0 Å². The Morgan fingerprint density at radius 3 is 2.95 bits per heavy atom. The van der Waals surface area contributed by atoms with E-state index in [9.17, 15) is 4.79 Å². The second-order valence-corrected chi connectivity index (χ2v) is 4.90. The van der Waals surface area contributed by atoms with Gasteiger partial charge in [-0.2, -0.15) is 5.10 Å². The van der Waals surface area contributed by atoms with E-state index in [2.05, 4.69) is 15.4 Å². The third kappa shape index (κ3) is 2.36. The standard InChI is InChI=1S/C14H16N4O/c1-18-13(8-12(17-18)10-4-2-5-10)16-14(19)11-6-3-7-15-9-11/h3,6-10H,2,4-5H2,1H3,(H,16,19). The summed E-state index contributed by atoms with van der Waals surface area (Å²) in [5.41, 5.74) is 1.63. The quantitative estimate of drug-likeness (QED) is 0.916. The Bertz CT molecular complexity index is 587. The molecule has 0 aromatic carbocycles. The van der Waals surface area contributed by atoms with Crippen LogP contribution in [0, 0.1) is 0 Å². The summed E-state index contributed by atoms with van der Waals surface area (Å²) in [5.74, 6) is 1.14. The summed E-state index contributed by atoms with van der Waals surface area (Å²) in [4.78, 5) is 16.0. The molecular formula is C14H16N4O. The maximum absolute atomic E-state index is 12.0. The van der Waals surface area contributed by atoms with Gasteiger partial charge in [-0.3, -0.25) is 14.5 Å². The first-order valence-electron chi connectivity index (χ1n) is 6.49. The molecule has 1 N–H and O–H groups in total. The van der Waals surface area contributed by atoms with Crippen molar-refractivity contribution >= 4 is 11.7 Å². The first-order valence-corrected chi connectivity index (χ1v) is 6.49. The average molecular weight is 256 g/mol. The van der Waals surface area contributed by atoms with Crippen LogP contribution in [0.4, 0.5) is 5.82 Å². The van der Waals surface area contributed by atoms with Crippen molar-refractivity contribution in [2.75, 3.05) is 5.32 Å². The second-order valence-electron chi connectivity index (χ2n) is 4.90. The maximum Gasteiger partial charge on any atom is 0.258 e. The van der Waals surface area contributed by atoms with E-state index in [-0.39, 0.29) is 5.91 Å². The molecular weight excluding hydrogens is 240 g/mol. The number of nitrogens with one attached hydrogen (secondary N) is 1. The number of aromatic nitrogens is 3. The van der Waals surface area contributed by atoms with Crippen LogP contribution in [-0.4, -0.2) is 20.7 Å². The van der Waals surface area contributed by atoms with Crippen molar-refractivity contribution in [2.45, 2.75) is 25.2 Å². The molecule has 1 fully saturated rings. The zero-order valence-electron chi connectivity index (χ0n) is 10.8. The Balaban J connectivity index is 1.76. The predicted octanol–water partition coefficient (Wildman–Crippen LogP) is 2.33. The molecule has 1 amide bonds. The van der Waals surface area contributed by atoms with Gasteiger partial charge in [0.25, 0.3) is 5.91 Å². The maximum atomic E-state index is 12.0. The summed E-state index contributed by atoms with van der Waals surface area (Å²) in [5, 5.41) is 7.34. The van der Waals surface area contributed by atoms with E-state index >= 15 is 0 Å². The Morgan fingerprint density at radius 1 is 1.47 bits per heavy atom. The Hall–Kier alpha value is -2.17. The molecule has 98 valence electrons. The number of rotatable bonds is 3. The highest BCUT2D eigenvalue weighted by molar-refractivity contribution is 6.03.